The van der Waals surface area contributed by atoms with E-state index in [2.05, 4.69) is 34.0 Å². The number of likely N-dealkylation sites (tertiary alicyclic amines) is 1. The number of carbonyl (C=O) groups is 1. The summed E-state index contributed by atoms with van der Waals surface area (Å²) < 4.78 is 1.05. The molecule has 112 valence electrons. The van der Waals surface area contributed by atoms with Crippen LogP contribution < -0.4 is 5.32 Å². The smallest absolute Gasteiger partial charge is 0.254 e. The van der Waals surface area contributed by atoms with Crippen molar-refractivity contribution in [2.24, 2.45) is 5.92 Å². The highest BCUT2D eigenvalue weighted by atomic mass is 127. The van der Waals surface area contributed by atoms with Crippen molar-refractivity contribution in [2.75, 3.05) is 26.7 Å². The van der Waals surface area contributed by atoms with Crippen LogP contribution in [0.4, 0.5) is 0 Å². The second-order valence-electron chi connectivity index (χ2n) is 5.30. The van der Waals surface area contributed by atoms with E-state index in [1.165, 1.54) is 6.42 Å². The van der Waals surface area contributed by atoms with E-state index in [0.29, 0.717) is 5.92 Å². The van der Waals surface area contributed by atoms with Gasteiger partial charge in [0.15, 0.2) is 0 Å². The first kappa shape index (κ1) is 17.7. The molecule has 1 atom stereocenters. The summed E-state index contributed by atoms with van der Waals surface area (Å²) in [5, 5.41) is 3.22. The maximum absolute atomic E-state index is 12.6. The highest BCUT2D eigenvalue weighted by Gasteiger charge is 2.25. The maximum Gasteiger partial charge on any atom is 0.254 e. The fourth-order valence-electron chi connectivity index (χ4n) is 2.68. The lowest BCUT2D eigenvalue weighted by Gasteiger charge is -2.33. The van der Waals surface area contributed by atoms with Crippen LogP contribution >= 0.6 is 35.0 Å². The van der Waals surface area contributed by atoms with Gasteiger partial charge >= 0.3 is 0 Å². The molecule has 1 amide bonds. The van der Waals surface area contributed by atoms with Crippen LogP contribution in [0.5, 0.6) is 0 Å². The minimum atomic E-state index is 0. The average molecular weight is 409 g/mol. The van der Waals surface area contributed by atoms with E-state index in [-0.39, 0.29) is 18.3 Å². The number of carbonyl (C=O) groups excluding carboxylic acids is 1. The molecule has 5 heteroatoms. The third-order valence-electron chi connectivity index (χ3n) is 3.65. The largest absolute Gasteiger partial charge is 0.338 e. The van der Waals surface area contributed by atoms with Gasteiger partial charge in [-0.1, -0.05) is 11.6 Å². The van der Waals surface area contributed by atoms with E-state index in [1.54, 1.807) is 0 Å². The van der Waals surface area contributed by atoms with Crippen LogP contribution in [0.1, 0.15) is 28.8 Å². The van der Waals surface area contributed by atoms with Gasteiger partial charge in [0.25, 0.3) is 5.91 Å². The minimum absolute atomic E-state index is 0. The second kappa shape index (κ2) is 8.20. The number of hydrogen-bond acceptors (Lipinski definition) is 2. The van der Waals surface area contributed by atoms with Gasteiger partial charge in [-0.05, 0) is 74.0 Å². The van der Waals surface area contributed by atoms with Crippen LogP contribution in [0.3, 0.4) is 0 Å². The van der Waals surface area contributed by atoms with E-state index in [1.807, 2.05) is 31.0 Å². The van der Waals surface area contributed by atoms with Gasteiger partial charge in [0.05, 0.1) is 5.56 Å². The Morgan fingerprint density at radius 1 is 1.50 bits per heavy atom. The molecule has 20 heavy (non-hydrogen) atoms. The Morgan fingerprint density at radius 3 is 2.95 bits per heavy atom. The molecule has 0 spiro atoms. The van der Waals surface area contributed by atoms with E-state index in [0.717, 1.165) is 40.8 Å². The first-order chi connectivity index (χ1) is 9.11. The van der Waals surface area contributed by atoms with Gasteiger partial charge < -0.3 is 10.2 Å². The predicted octanol–water partition coefficient (Wildman–Crippen LogP) is 3.09. The summed E-state index contributed by atoms with van der Waals surface area (Å²) in [4.78, 5) is 14.6. The van der Waals surface area contributed by atoms with Crippen molar-refractivity contribution < 1.29 is 4.79 Å². The summed E-state index contributed by atoms with van der Waals surface area (Å²) in [5.41, 5.74) is 2.00. The van der Waals surface area contributed by atoms with Gasteiger partial charge in [-0.25, -0.2) is 0 Å². The summed E-state index contributed by atoms with van der Waals surface area (Å²) in [6.45, 7) is 4.80. The zero-order chi connectivity index (χ0) is 13.8. The molecule has 0 radical (unpaired) electrons. The minimum Gasteiger partial charge on any atom is -0.338 e. The fraction of sp³-hybridized carbons (Fsp3) is 0.533. The predicted molar refractivity (Wildman–Crippen MR) is 93.7 cm³/mol. The molecule has 0 aliphatic carbocycles. The fourth-order valence-corrected chi connectivity index (χ4v) is 3.24. The Hall–Kier alpha value is -0.330. The molecular formula is C15H22ClIN2O. The Kier molecular flexibility index (Phi) is 7.26. The van der Waals surface area contributed by atoms with Crippen molar-refractivity contribution in [2.45, 2.75) is 19.8 Å². The first-order valence-corrected chi connectivity index (χ1v) is 7.89. The van der Waals surface area contributed by atoms with Gasteiger partial charge in [0, 0.05) is 16.7 Å². The molecule has 0 saturated carbocycles. The van der Waals surface area contributed by atoms with Crippen molar-refractivity contribution in [1.82, 2.24) is 10.2 Å². The van der Waals surface area contributed by atoms with Gasteiger partial charge in [-0.2, -0.15) is 0 Å². The number of halogens is 2. The Morgan fingerprint density at radius 2 is 2.25 bits per heavy atom. The third kappa shape index (κ3) is 4.33. The normalized spacial score (nSPS) is 18.6. The maximum atomic E-state index is 12.6. The van der Waals surface area contributed by atoms with Gasteiger partial charge in [0.2, 0.25) is 0 Å². The molecule has 1 aromatic rings. The lowest BCUT2D eigenvalue weighted by atomic mass is 9.97. The zero-order valence-corrected chi connectivity index (χ0v) is 15.0. The van der Waals surface area contributed by atoms with Crippen molar-refractivity contribution >= 4 is 40.9 Å². The molecule has 3 nitrogen and oxygen atoms in total. The number of amides is 1. The van der Waals surface area contributed by atoms with Crippen molar-refractivity contribution in [1.29, 1.82) is 0 Å². The van der Waals surface area contributed by atoms with Crippen molar-refractivity contribution in [3.63, 3.8) is 0 Å². The molecule has 1 unspecified atom stereocenters. The topological polar surface area (TPSA) is 32.3 Å². The van der Waals surface area contributed by atoms with Crippen molar-refractivity contribution in [3.05, 3.63) is 32.9 Å². The van der Waals surface area contributed by atoms with E-state index >= 15 is 0 Å². The number of benzene rings is 1. The molecule has 1 saturated heterocycles. The lowest BCUT2D eigenvalue weighted by Crippen LogP contribution is -2.42. The molecule has 1 aliphatic heterocycles. The summed E-state index contributed by atoms with van der Waals surface area (Å²) in [5.74, 6) is 0.777. The number of nitrogens with zero attached hydrogens (tertiary/aromatic N) is 1. The van der Waals surface area contributed by atoms with Crippen LogP contribution in [0.15, 0.2) is 18.2 Å². The van der Waals surface area contributed by atoms with Crippen molar-refractivity contribution in [3.8, 4) is 0 Å². The van der Waals surface area contributed by atoms with Gasteiger partial charge in [-0.15, -0.1) is 12.4 Å². The molecule has 0 bridgehead atoms. The number of hydrogen-bond donors (Lipinski definition) is 1. The lowest BCUT2D eigenvalue weighted by molar-refractivity contribution is 0.0673. The van der Waals surface area contributed by atoms with Crippen LogP contribution in [-0.4, -0.2) is 37.5 Å². The number of rotatable bonds is 3. The highest BCUT2D eigenvalue weighted by molar-refractivity contribution is 14.1. The summed E-state index contributed by atoms with van der Waals surface area (Å²) in [6.07, 6.45) is 2.33. The standard InChI is InChI=1S/C15H21IN2O.ClH/c1-11-5-6-14(16)13(8-11)15(19)18-7-3-4-12(10-18)9-17-2;/h5-6,8,12,17H,3-4,7,9-10H2,1-2H3;1H. The first-order valence-electron chi connectivity index (χ1n) is 6.82. The second-order valence-corrected chi connectivity index (χ2v) is 6.46. The molecule has 1 fully saturated rings. The highest BCUT2D eigenvalue weighted by Crippen LogP contribution is 2.21. The summed E-state index contributed by atoms with van der Waals surface area (Å²) in [7, 11) is 1.98. The number of nitrogens with one attached hydrogen (secondary N) is 1. The molecule has 1 aromatic carbocycles. The molecule has 1 heterocycles. The molecule has 1 N–H and O–H groups in total. The molecule has 1 aliphatic rings. The molecule has 2 rings (SSSR count). The number of aryl methyl sites for hydroxylation is 1. The third-order valence-corrected chi connectivity index (χ3v) is 4.59. The Bertz CT molecular complexity index is 465. The monoisotopic (exact) mass is 408 g/mol. The molecular weight excluding hydrogens is 387 g/mol. The van der Waals surface area contributed by atoms with Crippen LogP contribution in [0.2, 0.25) is 0 Å². The summed E-state index contributed by atoms with van der Waals surface area (Å²) >= 11 is 2.25. The summed E-state index contributed by atoms with van der Waals surface area (Å²) in [6, 6.07) is 6.09. The SMILES string of the molecule is CNCC1CCCN(C(=O)c2cc(C)ccc2I)C1.Cl. The van der Waals surface area contributed by atoms with E-state index in [9.17, 15) is 4.79 Å². The Balaban J connectivity index is 0.00000200. The van der Waals surface area contributed by atoms with Gasteiger partial charge in [-0.3, -0.25) is 4.79 Å². The van der Waals surface area contributed by atoms with Crippen LogP contribution in [0.25, 0.3) is 0 Å². The Labute approximate surface area is 141 Å². The quantitative estimate of drug-likeness (QED) is 0.780. The molecule has 0 aromatic heterocycles. The average Bonchev–Trinajstić information content (AvgIpc) is 2.41. The van der Waals surface area contributed by atoms with Crippen LogP contribution in [0, 0.1) is 16.4 Å². The number of piperidine rings is 1. The zero-order valence-electron chi connectivity index (χ0n) is 12.0. The van der Waals surface area contributed by atoms with E-state index in [4.69, 9.17) is 0 Å². The van der Waals surface area contributed by atoms with Gasteiger partial charge in [0.1, 0.15) is 0 Å². The van der Waals surface area contributed by atoms with Crippen LogP contribution in [-0.2, 0) is 0 Å². The van der Waals surface area contributed by atoms with E-state index < -0.39 is 0 Å².